The van der Waals surface area contributed by atoms with Crippen LogP contribution in [0.25, 0.3) is 0 Å². The van der Waals surface area contributed by atoms with Crippen LogP contribution in [0.2, 0.25) is 0 Å². The fraction of sp³-hybridized carbons (Fsp3) is 0.467. The van der Waals surface area contributed by atoms with Gasteiger partial charge in [-0.2, -0.15) is 5.26 Å². The Balaban J connectivity index is 2.09. The number of hydrogen-bond donors (Lipinski definition) is 0. The molecule has 1 aliphatic rings. The van der Waals surface area contributed by atoms with Gasteiger partial charge in [-0.3, -0.25) is 4.79 Å². The predicted octanol–water partition coefficient (Wildman–Crippen LogP) is 2.77. The highest BCUT2D eigenvalue weighted by atomic mass is 16.2. The van der Waals surface area contributed by atoms with E-state index in [-0.39, 0.29) is 5.91 Å². The summed E-state index contributed by atoms with van der Waals surface area (Å²) >= 11 is 0. The molecule has 0 bridgehead atoms. The van der Waals surface area contributed by atoms with Gasteiger partial charge in [0.15, 0.2) is 0 Å². The lowest BCUT2D eigenvalue weighted by atomic mass is 10.1. The minimum atomic E-state index is 0.0652. The van der Waals surface area contributed by atoms with Crippen LogP contribution in [-0.2, 0) is 6.42 Å². The Hall–Kier alpha value is -1.82. The second-order valence-corrected chi connectivity index (χ2v) is 4.69. The molecule has 1 aromatic rings. The number of nitriles is 1. The Bertz CT molecular complexity index is 454. The monoisotopic (exact) mass is 242 g/mol. The highest BCUT2D eigenvalue weighted by Gasteiger charge is 2.32. The third-order valence-electron chi connectivity index (χ3n) is 3.32. The summed E-state index contributed by atoms with van der Waals surface area (Å²) in [5.74, 6) is 0.0652. The van der Waals surface area contributed by atoms with Crippen LogP contribution in [0.4, 0.5) is 0 Å². The number of carbonyl (C=O) groups is 1. The normalized spacial score (nSPS) is 14.0. The Labute approximate surface area is 108 Å². The van der Waals surface area contributed by atoms with E-state index in [2.05, 4.69) is 13.0 Å². The van der Waals surface area contributed by atoms with Crippen molar-refractivity contribution < 1.29 is 4.79 Å². The molecule has 0 unspecified atom stereocenters. The minimum absolute atomic E-state index is 0.0652. The zero-order valence-electron chi connectivity index (χ0n) is 10.7. The molecule has 94 valence electrons. The van der Waals surface area contributed by atoms with E-state index in [9.17, 15) is 4.79 Å². The molecule has 3 heteroatoms. The molecule has 0 N–H and O–H groups in total. The van der Waals surface area contributed by atoms with E-state index >= 15 is 0 Å². The molecule has 1 saturated carbocycles. The van der Waals surface area contributed by atoms with Crippen molar-refractivity contribution >= 4 is 5.91 Å². The van der Waals surface area contributed by atoms with Gasteiger partial charge < -0.3 is 4.90 Å². The molecule has 2 rings (SSSR count). The second-order valence-electron chi connectivity index (χ2n) is 4.69. The van der Waals surface area contributed by atoms with Gasteiger partial charge in [-0.05, 0) is 37.0 Å². The first-order chi connectivity index (χ1) is 8.76. The number of benzene rings is 1. The summed E-state index contributed by atoms with van der Waals surface area (Å²) in [4.78, 5) is 14.2. The summed E-state index contributed by atoms with van der Waals surface area (Å²) in [5, 5.41) is 8.65. The average Bonchev–Trinajstić information content (AvgIpc) is 3.24. The third kappa shape index (κ3) is 2.89. The second kappa shape index (κ2) is 5.68. The summed E-state index contributed by atoms with van der Waals surface area (Å²) in [6.07, 6.45) is 3.54. The number of amides is 1. The lowest BCUT2D eigenvalue weighted by Crippen LogP contribution is -2.33. The Morgan fingerprint density at radius 1 is 1.39 bits per heavy atom. The molecule has 1 aliphatic carbocycles. The van der Waals surface area contributed by atoms with Crippen LogP contribution in [0.15, 0.2) is 24.3 Å². The first-order valence-corrected chi connectivity index (χ1v) is 6.53. The molecule has 0 aromatic heterocycles. The molecule has 18 heavy (non-hydrogen) atoms. The van der Waals surface area contributed by atoms with Crippen molar-refractivity contribution in [1.29, 1.82) is 5.26 Å². The first kappa shape index (κ1) is 12.6. The van der Waals surface area contributed by atoms with E-state index in [1.807, 2.05) is 29.2 Å². The summed E-state index contributed by atoms with van der Waals surface area (Å²) in [5.41, 5.74) is 1.97. The zero-order chi connectivity index (χ0) is 13.0. The van der Waals surface area contributed by atoms with Gasteiger partial charge in [0.25, 0.3) is 5.91 Å². The van der Waals surface area contributed by atoms with E-state index in [0.717, 1.165) is 24.8 Å². The van der Waals surface area contributed by atoms with Crippen LogP contribution in [-0.4, -0.2) is 23.4 Å². The highest BCUT2D eigenvalue weighted by molar-refractivity contribution is 5.94. The van der Waals surface area contributed by atoms with E-state index in [1.54, 1.807) is 0 Å². The molecule has 1 fully saturated rings. The molecule has 0 saturated heterocycles. The molecular formula is C15H18N2O. The van der Waals surface area contributed by atoms with Crippen LogP contribution in [0.3, 0.4) is 0 Å². The smallest absolute Gasteiger partial charge is 0.254 e. The zero-order valence-corrected chi connectivity index (χ0v) is 10.7. The predicted molar refractivity (Wildman–Crippen MR) is 70.1 cm³/mol. The maximum atomic E-state index is 12.3. The Kier molecular flexibility index (Phi) is 3.99. The molecule has 3 nitrogen and oxygen atoms in total. The highest BCUT2D eigenvalue weighted by Crippen LogP contribution is 2.28. The van der Waals surface area contributed by atoms with Gasteiger partial charge in [0.2, 0.25) is 0 Å². The summed E-state index contributed by atoms with van der Waals surface area (Å²) in [6, 6.07) is 10.3. The van der Waals surface area contributed by atoms with Crippen molar-refractivity contribution in [1.82, 2.24) is 4.90 Å². The van der Waals surface area contributed by atoms with Crippen molar-refractivity contribution in [3.63, 3.8) is 0 Å². The van der Waals surface area contributed by atoms with Crippen molar-refractivity contribution in [3.8, 4) is 6.07 Å². The molecule has 0 spiro atoms. The van der Waals surface area contributed by atoms with E-state index in [4.69, 9.17) is 5.26 Å². The number of carbonyl (C=O) groups excluding carboxylic acids is 1. The maximum absolute atomic E-state index is 12.3. The molecule has 0 aliphatic heterocycles. The number of rotatable bonds is 5. The van der Waals surface area contributed by atoms with Crippen LogP contribution >= 0.6 is 0 Å². The van der Waals surface area contributed by atoms with Crippen molar-refractivity contribution in [2.75, 3.05) is 6.54 Å². The number of nitrogens with zero attached hydrogens (tertiary/aromatic N) is 2. The molecule has 1 amide bonds. The van der Waals surface area contributed by atoms with Gasteiger partial charge in [-0.15, -0.1) is 0 Å². The van der Waals surface area contributed by atoms with Gasteiger partial charge in [0.1, 0.15) is 0 Å². The van der Waals surface area contributed by atoms with Gasteiger partial charge in [-0.25, -0.2) is 0 Å². The Morgan fingerprint density at radius 3 is 2.56 bits per heavy atom. The number of hydrogen-bond acceptors (Lipinski definition) is 2. The molecule has 0 heterocycles. The third-order valence-corrected chi connectivity index (χ3v) is 3.32. The largest absolute Gasteiger partial charge is 0.335 e. The van der Waals surface area contributed by atoms with Crippen LogP contribution in [0.1, 0.15) is 42.1 Å². The molecule has 0 radical (unpaired) electrons. The maximum Gasteiger partial charge on any atom is 0.254 e. The summed E-state index contributed by atoms with van der Waals surface area (Å²) < 4.78 is 0. The fourth-order valence-electron chi connectivity index (χ4n) is 2.06. The summed E-state index contributed by atoms with van der Waals surface area (Å²) in [6.45, 7) is 2.65. The van der Waals surface area contributed by atoms with Gasteiger partial charge in [0.05, 0.1) is 12.5 Å². The van der Waals surface area contributed by atoms with Crippen molar-refractivity contribution in [2.24, 2.45) is 0 Å². The van der Waals surface area contributed by atoms with Crippen molar-refractivity contribution in [2.45, 2.75) is 38.6 Å². The topological polar surface area (TPSA) is 44.1 Å². The fourth-order valence-corrected chi connectivity index (χ4v) is 2.06. The Morgan fingerprint density at radius 2 is 2.06 bits per heavy atom. The standard InChI is InChI=1S/C15H18N2O/c1-2-12-4-6-13(7-5-12)15(18)17(11-3-10-16)14-8-9-14/h4-7,14H,2-3,8-9,11H2,1H3. The average molecular weight is 242 g/mol. The van der Waals surface area contributed by atoms with Gasteiger partial charge in [0, 0.05) is 18.2 Å². The number of aryl methyl sites for hydroxylation is 1. The van der Waals surface area contributed by atoms with Crippen LogP contribution in [0.5, 0.6) is 0 Å². The minimum Gasteiger partial charge on any atom is -0.335 e. The van der Waals surface area contributed by atoms with E-state index in [1.165, 1.54) is 5.56 Å². The van der Waals surface area contributed by atoms with Gasteiger partial charge in [-0.1, -0.05) is 19.1 Å². The van der Waals surface area contributed by atoms with Gasteiger partial charge >= 0.3 is 0 Å². The van der Waals surface area contributed by atoms with Crippen molar-refractivity contribution in [3.05, 3.63) is 35.4 Å². The van der Waals surface area contributed by atoms with E-state index < -0.39 is 0 Å². The lowest BCUT2D eigenvalue weighted by Gasteiger charge is -2.21. The van der Waals surface area contributed by atoms with Crippen LogP contribution in [0, 0.1) is 11.3 Å². The SMILES string of the molecule is CCc1ccc(C(=O)N(CCC#N)C2CC2)cc1. The molecule has 1 aromatic carbocycles. The molecular weight excluding hydrogens is 224 g/mol. The van der Waals surface area contributed by atoms with Crippen LogP contribution < -0.4 is 0 Å². The van der Waals surface area contributed by atoms with E-state index in [0.29, 0.717) is 19.0 Å². The lowest BCUT2D eigenvalue weighted by molar-refractivity contribution is 0.0747. The quantitative estimate of drug-likeness (QED) is 0.797. The summed E-state index contributed by atoms with van der Waals surface area (Å²) in [7, 11) is 0. The molecule has 0 atom stereocenters. The first-order valence-electron chi connectivity index (χ1n) is 6.53.